The molecule has 0 bridgehead atoms. The Kier molecular flexibility index (Phi) is 5.44. The molecule has 142 valence electrons. The molecule has 3 heterocycles. The quantitative estimate of drug-likeness (QED) is 0.492. The zero-order chi connectivity index (χ0) is 18.8. The Bertz CT molecular complexity index is 799. The van der Waals surface area contributed by atoms with E-state index in [4.69, 9.17) is 16.2 Å². The number of nitrogens with two attached hydrogens (primary N) is 2. The molecule has 1 saturated heterocycles. The fourth-order valence-electron chi connectivity index (χ4n) is 2.99. The summed E-state index contributed by atoms with van der Waals surface area (Å²) in [4.78, 5) is 13.7. The van der Waals surface area contributed by atoms with Crippen molar-refractivity contribution in [1.29, 1.82) is 0 Å². The summed E-state index contributed by atoms with van der Waals surface area (Å²) in [6.07, 6.45) is 0.0146. The lowest BCUT2D eigenvalue weighted by molar-refractivity contribution is -0.0418. The van der Waals surface area contributed by atoms with Crippen molar-refractivity contribution in [2.45, 2.75) is 24.5 Å². The van der Waals surface area contributed by atoms with Gasteiger partial charge in [-0.1, -0.05) is 0 Å². The minimum atomic E-state index is -1.20. The molecule has 2 unspecified atom stereocenters. The number of nitrogen functional groups attached to an aromatic ring is 1. The topological polar surface area (TPSA) is 149 Å². The molecule has 3 rings (SSSR count). The third-order valence-electron chi connectivity index (χ3n) is 4.25. The third-order valence-corrected chi connectivity index (χ3v) is 4.25. The van der Waals surface area contributed by atoms with E-state index in [1.165, 1.54) is 23.3 Å². The Morgan fingerprint density at radius 2 is 2.15 bits per heavy atom. The maximum atomic E-state index is 13.6. The first-order valence-electron chi connectivity index (χ1n) is 8.10. The van der Waals surface area contributed by atoms with E-state index in [1.54, 1.807) is 11.9 Å². The second kappa shape index (κ2) is 7.60. The number of rotatable bonds is 6. The predicted octanol–water partition coefficient (Wildman–Crippen LogP) is -1.23. The Hall–Kier alpha value is -2.18. The Balaban J connectivity index is 1.75. The molecular weight excluding hydrogens is 345 g/mol. The molecule has 10 nitrogen and oxygen atoms in total. The predicted molar refractivity (Wildman–Crippen MR) is 91.4 cm³/mol. The highest BCUT2D eigenvalue weighted by Gasteiger charge is 2.44. The van der Waals surface area contributed by atoms with E-state index < -0.39 is 24.5 Å². The number of fused-ring (bicyclic) bond motifs is 1. The SMILES string of the molecule is CN(C/C(F)=C\CN)C[C@H]1O[C@@H](n2cnc3c(N)ncnc32)C(O)C1O. The minimum Gasteiger partial charge on any atom is -0.387 e. The highest BCUT2D eigenvalue weighted by molar-refractivity contribution is 5.81. The van der Waals surface area contributed by atoms with Crippen LogP contribution >= 0.6 is 0 Å². The number of anilines is 1. The van der Waals surface area contributed by atoms with Gasteiger partial charge in [0.2, 0.25) is 0 Å². The van der Waals surface area contributed by atoms with Gasteiger partial charge in [-0.25, -0.2) is 19.3 Å². The molecule has 2 aromatic heterocycles. The van der Waals surface area contributed by atoms with Crippen LogP contribution in [0.5, 0.6) is 0 Å². The average molecular weight is 367 g/mol. The van der Waals surface area contributed by atoms with Crippen LogP contribution in [-0.2, 0) is 4.74 Å². The van der Waals surface area contributed by atoms with Crippen LogP contribution in [0.2, 0.25) is 0 Å². The number of hydrogen-bond donors (Lipinski definition) is 4. The lowest BCUT2D eigenvalue weighted by Crippen LogP contribution is -2.39. The van der Waals surface area contributed by atoms with Gasteiger partial charge in [-0.05, 0) is 13.1 Å². The van der Waals surface area contributed by atoms with Gasteiger partial charge < -0.3 is 26.4 Å². The van der Waals surface area contributed by atoms with E-state index in [-0.39, 0.29) is 31.3 Å². The number of aliphatic hydroxyl groups excluding tert-OH is 2. The smallest absolute Gasteiger partial charge is 0.167 e. The van der Waals surface area contributed by atoms with Crippen LogP contribution in [0, 0.1) is 0 Å². The zero-order valence-electron chi connectivity index (χ0n) is 14.2. The van der Waals surface area contributed by atoms with Gasteiger partial charge in [0.1, 0.15) is 36.0 Å². The summed E-state index contributed by atoms with van der Waals surface area (Å²) < 4.78 is 20.9. The maximum absolute atomic E-state index is 13.6. The third kappa shape index (κ3) is 3.52. The summed E-state index contributed by atoms with van der Waals surface area (Å²) in [6.45, 7) is 0.355. The Morgan fingerprint density at radius 1 is 1.38 bits per heavy atom. The minimum absolute atomic E-state index is 0.0301. The van der Waals surface area contributed by atoms with E-state index in [9.17, 15) is 14.6 Å². The molecule has 2 aromatic rings. The van der Waals surface area contributed by atoms with Gasteiger partial charge in [0.25, 0.3) is 0 Å². The molecule has 6 N–H and O–H groups in total. The first kappa shape index (κ1) is 18.6. The number of aliphatic hydroxyl groups is 2. The average Bonchev–Trinajstić information content (AvgIpc) is 3.12. The molecule has 1 fully saturated rings. The van der Waals surface area contributed by atoms with E-state index in [0.717, 1.165) is 0 Å². The van der Waals surface area contributed by atoms with Crippen LogP contribution in [0.25, 0.3) is 11.2 Å². The Labute approximate surface area is 148 Å². The van der Waals surface area contributed by atoms with E-state index in [1.807, 2.05) is 0 Å². The van der Waals surface area contributed by atoms with Gasteiger partial charge in [0, 0.05) is 19.6 Å². The van der Waals surface area contributed by atoms with Crippen LogP contribution < -0.4 is 11.5 Å². The highest BCUT2D eigenvalue weighted by Crippen LogP contribution is 2.32. The van der Waals surface area contributed by atoms with Gasteiger partial charge in [-0.15, -0.1) is 0 Å². The molecule has 0 radical (unpaired) electrons. The molecule has 0 amide bonds. The molecule has 26 heavy (non-hydrogen) atoms. The van der Waals surface area contributed by atoms with Crippen molar-refractivity contribution in [3.63, 3.8) is 0 Å². The first-order valence-corrected chi connectivity index (χ1v) is 8.10. The van der Waals surface area contributed by atoms with Crippen molar-refractivity contribution in [1.82, 2.24) is 24.4 Å². The summed E-state index contributed by atoms with van der Waals surface area (Å²) in [7, 11) is 1.68. The maximum Gasteiger partial charge on any atom is 0.167 e. The molecule has 0 aromatic carbocycles. The largest absolute Gasteiger partial charge is 0.387 e. The van der Waals surface area contributed by atoms with E-state index in [2.05, 4.69) is 15.0 Å². The number of ether oxygens (including phenoxy) is 1. The zero-order valence-corrected chi connectivity index (χ0v) is 14.2. The fourth-order valence-corrected chi connectivity index (χ4v) is 2.99. The lowest BCUT2D eigenvalue weighted by atomic mass is 10.1. The second-order valence-corrected chi connectivity index (χ2v) is 6.21. The molecule has 0 spiro atoms. The van der Waals surface area contributed by atoms with E-state index >= 15 is 0 Å². The normalized spacial score (nSPS) is 26.9. The van der Waals surface area contributed by atoms with Gasteiger partial charge in [-0.2, -0.15) is 0 Å². The number of nitrogens with zero attached hydrogens (tertiary/aromatic N) is 5. The number of hydrogen-bond acceptors (Lipinski definition) is 9. The summed E-state index contributed by atoms with van der Waals surface area (Å²) in [5.41, 5.74) is 11.8. The van der Waals surface area contributed by atoms with Crippen LogP contribution in [0.3, 0.4) is 0 Å². The number of aromatic nitrogens is 4. The standard InChI is InChI=1S/C15H22FN7O3/c1-22(4-8(16)2-3-17)5-9-11(24)12(25)15(26-9)23-7-21-10-13(18)19-6-20-14(10)23/h2,6-7,9,11-12,15,24-25H,3-5,17H2,1H3,(H2,18,19,20)/b8-2+/t9-,11?,12?,15-/m1/s1. The number of imidazole rings is 1. The van der Waals surface area contributed by atoms with Gasteiger partial charge >= 0.3 is 0 Å². The fraction of sp³-hybridized carbons (Fsp3) is 0.533. The Morgan fingerprint density at radius 3 is 2.88 bits per heavy atom. The summed E-state index contributed by atoms with van der Waals surface area (Å²) in [6, 6.07) is 0. The molecule has 11 heteroatoms. The van der Waals surface area contributed by atoms with Crippen molar-refractivity contribution >= 4 is 17.0 Å². The van der Waals surface area contributed by atoms with Crippen molar-refractivity contribution in [3.05, 3.63) is 24.6 Å². The van der Waals surface area contributed by atoms with Crippen LogP contribution in [0.1, 0.15) is 6.23 Å². The van der Waals surface area contributed by atoms with Crippen LogP contribution in [-0.4, -0.2) is 79.6 Å². The summed E-state index contributed by atoms with van der Waals surface area (Å²) >= 11 is 0. The van der Waals surface area contributed by atoms with E-state index in [0.29, 0.717) is 11.2 Å². The van der Waals surface area contributed by atoms with Crippen molar-refractivity contribution in [3.8, 4) is 0 Å². The monoisotopic (exact) mass is 367 g/mol. The molecule has 4 atom stereocenters. The van der Waals surface area contributed by atoms with Gasteiger partial charge in [0.15, 0.2) is 17.7 Å². The molecule has 0 aliphatic carbocycles. The van der Waals surface area contributed by atoms with Crippen molar-refractivity contribution in [2.75, 3.05) is 32.4 Å². The summed E-state index contributed by atoms with van der Waals surface area (Å²) in [5, 5.41) is 20.7. The molecular formula is C15H22FN7O3. The van der Waals surface area contributed by atoms with Crippen molar-refractivity contribution < 1.29 is 19.3 Å². The van der Waals surface area contributed by atoms with Crippen LogP contribution in [0.15, 0.2) is 24.6 Å². The van der Waals surface area contributed by atoms with Crippen molar-refractivity contribution in [2.24, 2.45) is 5.73 Å². The second-order valence-electron chi connectivity index (χ2n) is 6.21. The van der Waals surface area contributed by atoms with Crippen LogP contribution in [0.4, 0.5) is 10.2 Å². The molecule has 1 aliphatic rings. The van der Waals surface area contributed by atoms with Gasteiger partial charge in [-0.3, -0.25) is 9.47 Å². The number of halogens is 1. The number of likely N-dealkylation sites (N-methyl/N-ethyl adjacent to an activating group) is 1. The molecule has 0 saturated carbocycles. The lowest BCUT2D eigenvalue weighted by Gasteiger charge is -2.22. The summed E-state index contributed by atoms with van der Waals surface area (Å²) in [5.74, 6) is -0.160. The molecule has 1 aliphatic heterocycles. The first-order chi connectivity index (χ1) is 12.4. The highest BCUT2D eigenvalue weighted by atomic mass is 19.1. The van der Waals surface area contributed by atoms with Gasteiger partial charge in [0.05, 0.1) is 6.33 Å².